The predicted octanol–water partition coefficient (Wildman–Crippen LogP) is 3.78. The fourth-order valence-electron chi connectivity index (χ4n) is 2.55. The van der Waals surface area contributed by atoms with Crippen LogP contribution < -0.4 is 14.8 Å². The number of aromatic nitrogens is 2. The maximum Gasteiger partial charge on any atom is 0.322 e. The highest BCUT2D eigenvalue weighted by Crippen LogP contribution is 2.36. The molecule has 0 saturated carbocycles. The van der Waals surface area contributed by atoms with Gasteiger partial charge >= 0.3 is 6.01 Å². The van der Waals surface area contributed by atoms with E-state index in [4.69, 9.17) is 18.4 Å². The van der Waals surface area contributed by atoms with E-state index >= 15 is 0 Å². The zero-order chi connectivity index (χ0) is 17.6. The summed E-state index contributed by atoms with van der Waals surface area (Å²) >= 11 is 0. The van der Waals surface area contributed by atoms with Crippen molar-refractivity contribution in [3.63, 3.8) is 0 Å². The number of methoxy groups -OCH3 is 2. The van der Waals surface area contributed by atoms with Gasteiger partial charge in [-0.3, -0.25) is 0 Å². The Morgan fingerprint density at radius 1 is 1.16 bits per heavy atom. The monoisotopic (exact) mass is 343 g/mol. The molecular formula is C18H21N3O4. The molecule has 132 valence electrons. The SMILES string of the molecule is COc1cccc(-c2noc(N[C@@H](C)CCc3ccco3)n2)c1OC. The summed E-state index contributed by atoms with van der Waals surface area (Å²) in [6.07, 6.45) is 3.40. The van der Waals surface area contributed by atoms with Gasteiger partial charge in [-0.05, 0) is 37.6 Å². The van der Waals surface area contributed by atoms with Gasteiger partial charge in [0, 0.05) is 12.5 Å². The summed E-state index contributed by atoms with van der Waals surface area (Å²) in [5, 5.41) is 7.24. The Kier molecular flexibility index (Phi) is 5.23. The van der Waals surface area contributed by atoms with Crippen LogP contribution in [0.3, 0.4) is 0 Å². The second-order valence-electron chi connectivity index (χ2n) is 5.63. The lowest BCUT2D eigenvalue weighted by atomic mass is 10.1. The summed E-state index contributed by atoms with van der Waals surface area (Å²) in [6, 6.07) is 9.91. The molecule has 0 radical (unpaired) electrons. The normalized spacial score (nSPS) is 12.0. The van der Waals surface area contributed by atoms with Crippen LogP contribution in [0.2, 0.25) is 0 Å². The van der Waals surface area contributed by atoms with Gasteiger partial charge in [0.15, 0.2) is 11.5 Å². The largest absolute Gasteiger partial charge is 0.493 e. The lowest BCUT2D eigenvalue weighted by Gasteiger charge is -2.10. The molecule has 0 unspecified atom stereocenters. The highest BCUT2D eigenvalue weighted by Gasteiger charge is 2.17. The number of hydrogen-bond acceptors (Lipinski definition) is 7. The van der Waals surface area contributed by atoms with E-state index in [2.05, 4.69) is 22.4 Å². The fraction of sp³-hybridized carbons (Fsp3) is 0.333. The zero-order valence-electron chi connectivity index (χ0n) is 14.5. The molecule has 1 aromatic carbocycles. The van der Waals surface area contributed by atoms with Gasteiger partial charge in [0.2, 0.25) is 5.82 Å². The summed E-state index contributed by atoms with van der Waals surface area (Å²) in [5.41, 5.74) is 0.710. The molecule has 0 spiro atoms. The van der Waals surface area contributed by atoms with Crippen molar-refractivity contribution >= 4 is 6.01 Å². The molecule has 3 rings (SSSR count). The first-order chi connectivity index (χ1) is 12.2. The lowest BCUT2D eigenvalue weighted by Crippen LogP contribution is -2.16. The predicted molar refractivity (Wildman–Crippen MR) is 93.0 cm³/mol. The van der Waals surface area contributed by atoms with Crippen LogP contribution >= 0.6 is 0 Å². The minimum Gasteiger partial charge on any atom is -0.493 e. The average molecular weight is 343 g/mol. The van der Waals surface area contributed by atoms with Crippen LogP contribution in [0.15, 0.2) is 45.5 Å². The van der Waals surface area contributed by atoms with Crippen LogP contribution in [0.5, 0.6) is 11.5 Å². The van der Waals surface area contributed by atoms with Crippen LogP contribution in [0, 0.1) is 0 Å². The molecule has 3 aromatic rings. The summed E-state index contributed by atoms with van der Waals surface area (Å²) in [6.45, 7) is 2.05. The van der Waals surface area contributed by atoms with E-state index in [0.29, 0.717) is 28.9 Å². The second kappa shape index (κ2) is 7.74. The molecule has 1 atom stereocenters. The van der Waals surface area contributed by atoms with Crippen LogP contribution in [0.1, 0.15) is 19.1 Å². The number of hydrogen-bond donors (Lipinski definition) is 1. The third kappa shape index (κ3) is 3.93. The van der Waals surface area contributed by atoms with E-state index in [1.54, 1.807) is 20.5 Å². The molecule has 0 bridgehead atoms. The smallest absolute Gasteiger partial charge is 0.322 e. The third-order valence-corrected chi connectivity index (χ3v) is 3.84. The molecule has 1 N–H and O–H groups in total. The molecule has 2 heterocycles. The van der Waals surface area contributed by atoms with Crippen LogP contribution in [0.25, 0.3) is 11.4 Å². The third-order valence-electron chi connectivity index (χ3n) is 3.84. The van der Waals surface area contributed by atoms with Crippen molar-refractivity contribution in [2.24, 2.45) is 0 Å². The number of anilines is 1. The maximum absolute atomic E-state index is 5.41. The van der Waals surface area contributed by atoms with Gasteiger partial charge in [-0.15, -0.1) is 0 Å². The minimum absolute atomic E-state index is 0.158. The number of para-hydroxylation sites is 1. The van der Waals surface area contributed by atoms with Crippen LogP contribution in [0.4, 0.5) is 6.01 Å². The lowest BCUT2D eigenvalue weighted by molar-refractivity contribution is 0.355. The number of nitrogens with zero attached hydrogens (tertiary/aromatic N) is 2. The fourth-order valence-corrected chi connectivity index (χ4v) is 2.55. The van der Waals surface area contributed by atoms with Crippen molar-refractivity contribution in [1.29, 1.82) is 0 Å². The molecule has 2 aromatic heterocycles. The minimum atomic E-state index is 0.158. The Morgan fingerprint density at radius 2 is 2.04 bits per heavy atom. The number of ether oxygens (including phenoxy) is 2. The molecule has 0 aliphatic rings. The number of nitrogens with one attached hydrogen (secondary N) is 1. The molecule has 0 saturated heterocycles. The van der Waals surface area contributed by atoms with Gasteiger partial charge in [0.1, 0.15) is 5.76 Å². The highest BCUT2D eigenvalue weighted by atomic mass is 16.5. The maximum atomic E-state index is 5.41. The molecule has 7 heteroatoms. The number of rotatable bonds is 8. The summed E-state index contributed by atoms with van der Waals surface area (Å²) in [4.78, 5) is 4.40. The van der Waals surface area contributed by atoms with Gasteiger partial charge in [-0.2, -0.15) is 4.98 Å². The van der Waals surface area contributed by atoms with Gasteiger partial charge in [-0.25, -0.2) is 0 Å². The van der Waals surface area contributed by atoms with Crippen molar-refractivity contribution in [2.45, 2.75) is 25.8 Å². The van der Waals surface area contributed by atoms with Crippen LogP contribution in [-0.2, 0) is 6.42 Å². The zero-order valence-corrected chi connectivity index (χ0v) is 14.5. The number of furan rings is 1. The molecule has 0 amide bonds. The van der Waals surface area contributed by atoms with Gasteiger partial charge in [-0.1, -0.05) is 11.2 Å². The van der Waals surface area contributed by atoms with Crippen molar-refractivity contribution < 1.29 is 18.4 Å². The molecule has 7 nitrogen and oxygen atoms in total. The Morgan fingerprint density at radius 3 is 2.76 bits per heavy atom. The quantitative estimate of drug-likeness (QED) is 0.666. The molecular weight excluding hydrogens is 322 g/mol. The van der Waals surface area contributed by atoms with Crippen molar-refractivity contribution in [1.82, 2.24) is 10.1 Å². The van der Waals surface area contributed by atoms with E-state index in [9.17, 15) is 0 Å². The van der Waals surface area contributed by atoms with Gasteiger partial charge in [0.05, 0.1) is 26.0 Å². The number of aryl methyl sites for hydroxylation is 1. The van der Waals surface area contributed by atoms with Gasteiger partial charge in [0.25, 0.3) is 0 Å². The van der Waals surface area contributed by atoms with Crippen molar-refractivity contribution in [2.75, 3.05) is 19.5 Å². The van der Waals surface area contributed by atoms with E-state index in [1.165, 1.54) is 0 Å². The Labute approximate surface area is 145 Å². The molecule has 25 heavy (non-hydrogen) atoms. The average Bonchev–Trinajstić information content (AvgIpc) is 3.31. The highest BCUT2D eigenvalue weighted by molar-refractivity contribution is 5.68. The first kappa shape index (κ1) is 16.9. The van der Waals surface area contributed by atoms with Crippen molar-refractivity contribution in [3.05, 3.63) is 42.4 Å². The number of benzene rings is 1. The second-order valence-corrected chi connectivity index (χ2v) is 5.63. The van der Waals surface area contributed by atoms with Crippen molar-refractivity contribution in [3.8, 4) is 22.9 Å². The Balaban J connectivity index is 1.68. The summed E-state index contributed by atoms with van der Waals surface area (Å²) in [5.74, 6) is 2.59. The Hall–Kier alpha value is -2.96. The first-order valence-corrected chi connectivity index (χ1v) is 8.05. The molecule has 0 aliphatic heterocycles. The first-order valence-electron chi connectivity index (χ1n) is 8.05. The van der Waals surface area contributed by atoms with E-state index in [1.807, 2.05) is 30.3 Å². The van der Waals surface area contributed by atoms with Crippen LogP contribution in [-0.4, -0.2) is 30.4 Å². The topological polar surface area (TPSA) is 82.6 Å². The summed E-state index contributed by atoms with van der Waals surface area (Å²) in [7, 11) is 3.17. The van der Waals surface area contributed by atoms with E-state index < -0.39 is 0 Å². The van der Waals surface area contributed by atoms with Gasteiger partial charge < -0.3 is 23.7 Å². The standard InChI is InChI=1S/C18H21N3O4/c1-12(9-10-13-6-5-11-24-13)19-18-20-17(21-25-18)14-7-4-8-15(22-2)16(14)23-3/h4-8,11-12H,9-10H2,1-3H3,(H,19,20,21)/t12-/m0/s1. The van der Waals surface area contributed by atoms with E-state index in [-0.39, 0.29) is 6.04 Å². The molecule has 0 aliphatic carbocycles. The van der Waals surface area contributed by atoms with E-state index in [0.717, 1.165) is 18.6 Å². The summed E-state index contributed by atoms with van der Waals surface area (Å²) < 4.78 is 21.4. The Bertz CT molecular complexity index is 799. The molecule has 0 fully saturated rings.